The number of piperazine rings is 1. The van der Waals surface area contributed by atoms with Crippen LogP contribution in [0.5, 0.6) is 0 Å². The van der Waals surface area contributed by atoms with Crippen LogP contribution in [-0.4, -0.2) is 36.1 Å². The maximum absolute atomic E-state index is 5.47. The fourth-order valence-electron chi connectivity index (χ4n) is 3.40. The molecule has 0 spiro atoms. The lowest BCUT2D eigenvalue weighted by Gasteiger charge is -2.45. The molecule has 0 saturated carbocycles. The largest absolute Gasteiger partial charge is 0.469 e. The molecule has 0 radical (unpaired) electrons. The van der Waals surface area contributed by atoms with Gasteiger partial charge in [-0.2, -0.15) is 0 Å². The van der Waals surface area contributed by atoms with Crippen LogP contribution < -0.4 is 5.32 Å². The molecule has 3 heteroatoms. The topological polar surface area (TPSA) is 28.4 Å². The number of rotatable bonds is 7. The van der Waals surface area contributed by atoms with E-state index in [0.29, 0.717) is 18.1 Å². The summed E-state index contributed by atoms with van der Waals surface area (Å²) in [6, 6.07) is 6.01. The van der Waals surface area contributed by atoms with Crippen LogP contribution in [0.4, 0.5) is 0 Å². The van der Waals surface area contributed by atoms with Gasteiger partial charge >= 0.3 is 0 Å². The zero-order valence-corrected chi connectivity index (χ0v) is 14.1. The maximum atomic E-state index is 5.47. The third kappa shape index (κ3) is 4.33. The van der Waals surface area contributed by atoms with Crippen molar-refractivity contribution in [1.29, 1.82) is 0 Å². The van der Waals surface area contributed by atoms with E-state index in [4.69, 9.17) is 4.42 Å². The van der Waals surface area contributed by atoms with Gasteiger partial charge in [-0.25, -0.2) is 0 Å². The second-order valence-corrected chi connectivity index (χ2v) is 6.63. The molecule has 1 aliphatic rings. The van der Waals surface area contributed by atoms with Gasteiger partial charge in [0, 0.05) is 37.6 Å². The second-order valence-electron chi connectivity index (χ2n) is 6.63. The molecule has 4 unspecified atom stereocenters. The van der Waals surface area contributed by atoms with Gasteiger partial charge in [0.15, 0.2) is 0 Å². The predicted molar refractivity (Wildman–Crippen MR) is 88.5 cm³/mol. The molecule has 0 aromatic carbocycles. The minimum Gasteiger partial charge on any atom is -0.469 e. The fourth-order valence-corrected chi connectivity index (χ4v) is 3.40. The van der Waals surface area contributed by atoms with Crippen molar-refractivity contribution in [3.8, 4) is 0 Å². The molecule has 4 atom stereocenters. The summed E-state index contributed by atoms with van der Waals surface area (Å²) in [6.45, 7) is 11.7. The van der Waals surface area contributed by atoms with Crippen molar-refractivity contribution < 1.29 is 4.42 Å². The molecule has 0 bridgehead atoms. The van der Waals surface area contributed by atoms with Crippen molar-refractivity contribution in [1.82, 2.24) is 10.2 Å². The molecular weight excluding hydrogens is 260 g/mol. The smallest absolute Gasteiger partial charge is 0.103 e. The highest BCUT2D eigenvalue weighted by atomic mass is 16.3. The van der Waals surface area contributed by atoms with Crippen LogP contribution in [0, 0.1) is 5.92 Å². The lowest BCUT2D eigenvalue weighted by atomic mass is 9.93. The Bertz CT molecular complexity index is 390. The first kappa shape index (κ1) is 16.6. The zero-order chi connectivity index (χ0) is 15.2. The van der Waals surface area contributed by atoms with E-state index in [1.807, 2.05) is 6.07 Å². The third-order valence-corrected chi connectivity index (χ3v) is 5.25. The molecule has 1 aromatic heterocycles. The molecule has 1 N–H and O–H groups in total. The maximum Gasteiger partial charge on any atom is 0.103 e. The molecule has 1 fully saturated rings. The quantitative estimate of drug-likeness (QED) is 0.830. The molecule has 21 heavy (non-hydrogen) atoms. The summed E-state index contributed by atoms with van der Waals surface area (Å²) in [5.41, 5.74) is 0. The Kier molecular flexibility index (Phi) is 6.31. The van der Waals surface area contributed by atoms with E-state index >= 15 is 0 Å². The van der Waals surface area contributed by atoms with Crippen LogP contribution in [0.3, 0.4) is 0 Å². The summed E-state index contributed by atoms with van der Waals surface area (Å²) in [5.74, 6) is 1.87. The Morgan fingerprint density at radius 1 is 1.38 bits per heavy atom. The van der Waals surface area contributed by atoms with Crippen LogP contribution in [0.25, 0.3) is 0 Å². The van der Waals surface area contributed by atoms with E-state index in [0.717, 1.165) is 24.6 Å². The first-order valence-electron chi connectivity index (χ1n) is 8.67. The molecule has 2 heterocycles. The Labute approximate surface area is 130 Å². The van der Waals surface area contributed by atoms with Gasteiger partial charge in [0.25, 0.3) is 0 Å². The van der Waals surface area contributed by atoms with Gasteiger partial charge in [0.05, 0.1) is 6.26 Å². The molecule has 1 saturated heterocycles. The van der Waals surface area contributed by atoms with Crippen LogP contribution in [0.2, 0.25) is 0 Å². The third-order valence-electron chi connectivity index (χ3n) is 5.25. The van der Waals surface area contributed by atoms with Crippen molar-refractivity contribution in [2.75, 3.05) is 13.1 Å². The van der Waals surface area contributed by atoms with Crippen LogP contribution >= 0.6 is 0 Å². The highest BCUT2D eigenvalue weighted by Crippen LogP contribution is 2.21. The van der Waals surface area contributed by atoms with Crippen molar-refractivity contribution in [2.24, 2.45) is 5.92 Å². The lowest BCUT2D eigenvalue weighted by molar-refractivity contribution is 0.0669. The first-order valence-corrected chi connectivity index (χ1v) is 8.67. The second kappa shape index (κ2) is 8.00. The van der Waals surface area contributed by atoms with E-state index in [2.05, 4.69) is 44.0 Å². The summed E-state index contributed by atoms with van der Waals surface area (Å²) in [6.07, 6.45) is 6.48. The lowest BCUT2D eigenvalue weighted by Crippen LogP contribution is -2.60. The van der Waals surface area contributed by atoms with Gasteiger partial charge in [-0.1, -0.05) is 27.2 Å². The summed E-state index contributed by atoms with van der Waals surface area (Å²) in [7, 11) is 0. The molecule has 0 amide bonds. The highest BCUT2D eigenvalue weighted by molar-refractivity contribution is 4.99. The molecular formula is C18H32N2O. The Balaban J connectivity index is 1.92. The summed E-state index contributed by atoms with van der Waals surface area (Å²) < 4.78 is 5.47. The summed E-state index contributed by atoms with van der Waals surface area (Å²) in [4.78, 5) is 2.73. The van der Waals surface area contributed by atoms with Crippen LogP contribution in [-0.2, 0) is 6.42 Å². The number of aryl methyl sites for hydroxylation is 1. The van der Waals surface area contributed by atoms with Gasteiger partial charge in [-0.3, -0.25) is 4.90 Å². The fraction of sp³-hybridized carbons (Fsp3) is 0.778. The van der Waals surface area contributed by atoms with E-state index in [1.165, 1.54) is 25.8 Å². The Morgan fingerprint density at radius 2 is 2.19 bits per heavy atom. The van der Waals surface area contributed by atoms with Gasteiger partial charge in [-0.15, -0.1) is 0 Å². The van der Waals surface area contributed by atoms with E-state index in [-0.39, 0.29) is 0 Å². The van der Waals surface area contributed by atoms with Crippen LogP contribution in [0.1, 0.15) is 52.7 Å². The number of nitrogens with one attached hydrogen (secondary N) is 1. The predicted octanol–water partition coefficient (Wildman–Crippen LogP) is 3.70. The van der Waals surface area contributed by atoms with Crippen molar-refractivity contribution in [3.63, 3.8) is 0 Å². The molecule has 0 aliphatic carbocycles. The van der Waals surface area contributed by atoms with Crippen LogP contribution in [0.15, 0.2) is 22.8 Å². The molecule has 2 rings (SSSR count). The summed E-state index contributed by atoms with van der Waals surface area (Å²) >= 11 is 0. The minimum atomic E-state index is 0.619. The van der Waals surface area contributed by atoms with Gasteiger partial charge in [0.2, 0.25) is 0 Å². The molecule has 1 aliphatic heterocycles. The van der Waals surface area contributed by atoms with Crippen molar-refractivity contribution in [3.05, 3.63) is 24.2 Å². The van der Waals surface area contributed by atoms with E-state index < -0.39 is 0 Å². The van der Waals surface area contributed by atoms with Gasteiger partial charge in [0.1, 0.15) is 5.76 Å². The van der Waals surface area contributed by atoms with Crippen molar-refractivity contribution >= 4 is 0 Å². The number of furan rings is 1. The SMILES string of the molecule is CCC(C)C1CN(C(C)CCc2ccco2)C(CC)CN1. The standard InChI is InChI=1S/C18H32N2O/c1-5-14(3)18-13-20(16(6-2)12-19-18)15(4)9-10-17-8-7-11-21-17/h7-8,11,14-16,18-19H,5-6,9-10,12-13H2,1-4H3. The van der Waals surface area contributed by atoms with Crippen molar-refractivity contribution in [2.45, 2.75) is 71.5 Å². The summed E-state index contributed by atoms with van der Waals surface area (Å²) in [5, 5.41) is 3.77. The van der Waals surface area contributed by atoms with Gasteiger partial charge < -0.3 is 9.73 Å². The first-order chi connectivity index (χ1) is 10.2. The molecule has 3 nitrogen and oxygen atoms in total. The normalized spacial score (nSPS) is 26.7. The van der Waals surface area contributed by atoms with E-state index in [1.54, 1.807) is 6.26 Å². The Hall–Kier alpha value is -0.800. The molecule has 1 aromatic rings. The minimum absolute atomic E-state index is 0.619. The highest BCUT2D eigenvalue weighted by Gasteiger charge is 2.31. The number of hydrogen-bond acceptors (Lipinski definition) is 3. The number of hydrogen-bond donors (Lipinski definition) is 1. The van der Waals surface area contributed by atoms with E-state index in [9.17, 15) is 0 Å². The van der Waals surface area contributed by atoms with Gasteiger partial charge in [-0.05, 0) is 37.8 Å². The average molecular weight is 292 g/mol. The number of nitrogens with zero attached hydrogens (tertiary/aromatic N) is 1. The molecule has 120 valence electrons. The monoisotopic (exact) mass is 292 g/mol. The Morgan fingerprint density at radius 3 is 2.81 bits per heavy atom. The average Bonchev–Trinajstić information content (AvgIpc) is 3.04. The zero-order valence-electron chi connectivity index (χ0n) is 14.1.